The summed E-state index contributed by atoms with van der Waals surface area (Å²) in [5, 5.41) is 9.49. The van der Waals surface area contributed by atoms with E-state index >= 15 is 0 Å². The molecule has 0 aliphatic carbocycles. The molecular formula is C21H28N4O3. The average molecular weight is 384 g/mol. The van der Waals surface area contributed by atoms with Crippen molar-refractivity contribution in [3.05, 3.63) is 34.9 Å². The van der Waals surface area contributed by atoms with Gasteiger partial charge in [0.25, 0.3) is 5.91 Å². The highest BCUT2D eigenvalue weighted by Crippen LogP contribution is 2.31. The van der Waals surface area contributed by atoms with Crippen LogP contribution in [0.3, 0.4) is 0 Å². The highest BCUT2D eigenvalue weighted by molar-refractivity contribution is 6.05. The second kappa shape index (κ2) is 7.29. The van der Waals surface area contributed by atoms with E-state index in [1.54, 1.807) is 4.90 Å². The fourth-order valence-corrected chi connectivity index (χ4v) is 4.60. The Hall–Kier alpha value is -2.25. The minimum atomic E-state index is -0.568. The maximum Gasteiger partial charge on any atom is 0.255 e. The van der Waals surface area contributed by atoms with Crippen LogP contribution in [-0.2, 0) is 22.7 Å². The van der Waals surface area contributed by atoms with Gasteiger partial charge in [-0.25, -0.2) is 0 Å². The zero-order valence-corrected chi connectivity index (χ0v) is 16.5. The van der Waals surface area contributed by atoms with Crippen LogP contribution in [-0.4, -0.2) is 47.8 Å². The van der Waals surface area contributed by atoms with E-state index in [1.807, 2.05) is 12.1 Å². The molecule has 2 unspecified atom stereocenters. The average Bonchev–Trinajstić information content (AvgIpc) is 2.98. The lowest BCUT2D eigenvalue weighted by Gasteiger charge is -2.39. The van der Waals surface area contributed by atoms with Gasteiger partial charge in [-0.15, -0.1) is 0 Å². The van der Waals surface area contributed by atoms with Gasteiger partial charge in [0.05, 0.1) is 0 Å². The van der Waals surface area contributed by atoms with Crippen LogP contribution < -0.4 is 16.0 Å². The Kier molecular flexibility index (Phi) is 4.97. The van der Waals surface area contributed by atoms with Gasteiger partial charge in [0.15, 0.2) is 0 Å². The van der Waals surface area contributed by atoms with E-state index < -0.39 is 6.04 Å². The van der Waals surface area contributed by atoms with Crippen molar-refractivity contribution in [1.29, 1.82) is 0 Å². The molecule has 0 saturated carbocycles. The quantitative estimate of drug-likeness (QED) is 0.672. The number of piperidine rings is 2. The summed E-state index contributed by atoms with van der Waals surface area (Å²) >= 11 is 0. The number of imide groups is 1. The second-order valence-electron chi connectivity index (χ2n) is 8.73. The first-order valence-electron chi connectivity index (χ1n) is 10.1. The van der Waals surface area contributed by atoms with Crippen molar-refractivity contribution in [3.8, 4) is 0 Å². The Morgan fingerprint density at radius 3 is 2.79 bits per heavy atom. The van der Waals surface area contributed by atoms with E-state index in [0.29, 0.717) is 31.1 Å². The van der Waals surface area contributed by atoms with E-state index in [2.05, 4.69) is 35.9 Å². The van der Waals surface area contributed by atoms with Gasteiger partial charge >= 0.3 is 0 Å². The zero-order valence-electron chi connectivity index (χ0n) is 16.5. The number of carbonyl (C=O) groups is 3. The summed E-state index contributed by atoms with van der Waals surface area (Å²) in [6.07, 6.45) is 1.74. The molecule has 150 valence electrons. The normalized spacial score (nSPS) is 26.9. The van der Waals surface area contributed by atoms with Crippen molar-refractivity contribution in [2.45, 2.75) is 58.3 Å². The summed E-state index contributed by atoms with van der Waals surface area (Å²) in [4.78, 5) is 38.2. The third-order valence-electron chi connectivity index (χ3n) is 6.35. The molecule has 2 fully saturated rings. The van der Waals surface area contributed by atoms with Crippen LogP contribution in [0.2, 0.25) is 0 Å². The zero-order chi connectivity index (χ0) is 19.9. The van der Waals surface area contributed by atoms with E-state index in [-0.39, 0.29) is 29.6 Å². The molecule has 7 nitrogen and oxygen atoms in total. The van der Waals surface area contributed by atoms with Gasteiger partial charge in [-0.2, -0.15) is 0 Å². The van der Waals surface area contributed by atoms with E-state index in [1.165, 1.54) is 0 Å². The van der Waals surface area contributed by atoms with Crippen molar-refractivity contribution < 1.29 is 14.4 Å². The topological polar surface area (TPSA) is 90.5 Å². The van der Waals surface area contributed by atoms with Crippen molar-refractivity contribution in [3.63, 3.8) is 0 Å². The molecular weight excluding hydrogens is 356 g/mol. The molecule has 3 N–H and O–H groups in total. The van der Waals surface area contributed by atoms with Crippen molar-refractivity contribution in [1.82, 2.24) is 20.9 Å². The fourth-order valence-electron chi connectivity index (χ4n) is 4.60. The van der Waals surface area contributed by atoms with Gasteiger partial charge < -0.3 is 15.5 Å². The first-order chi connectivity index (χ1) is 13.4. The largest absolute Gasteiger partial charge is 0.322 e. The standard InChI is InChI=1S/C21H28N4O3/c1-21(2)12-22-9-8-17(21)23-10-13-4-3-5-14-15(13)11-25(20(14)28)16-6-7-18(26)24-19(16)27/h3-5,16-17,22-23H,6-12H2,1-2H3,(H,24,26,27). The number of nitrogens with one attached hydrogen (secondary N) is 3. The van der Waals surface area contributed by atoms with Gasteiger partial charge in [0, 0.05) is 37.7 Å². The summed E-state index contributed by atoms with van der Waals surface area (Å²) < 4.78 is 0. The second-order valence-corrected chi connectivity index (χ2v) is 8.73. The van der Waals surface area contributed by atoms with Crippen molar-refractivity contribution in [2.75, 3.05) is 13.1 Å². The van der Waals surface area contributed by atoms with Crippen LogP contribution >= 0.6 is 0 Å². The molecule has 0 spiro atoms. The minimum Gasteiger partial charge on any atom is -0.322 e. The molecule has 1 aromatic carbocycles. The third kappa shape index (κ3) is 3.44. The SMILES string of the molecule is CC1(C)CNCCC1NCc1cccc2c1CN(C1CCC(=O)NC1=O)C2=O. The predicted molar refractivity (Wildman–Crippen MR) is 104 cm³/mol. The number of fused-ring (bicyclic) bond motifs is 1. The first kappa shape index (κ1) is 19.1. The molecule has 3 aliphatic heterocycles. The lowest BCUT2D eigenvalue weighted by molar-refractivity contribution is -0.136. The molecule has 3 aliphatic rings. The van der Waals surface area contributed by atoms with Gasteiger partial charge in [-0.05, 0) is 42.0 Å². The van der Waals surface area contributed by atoms with E-state index in [4.69, 9.17) is 0 Å². The lowest BCUT2D eigenvalue weighted by atomic mass is 9.80. The lowest BCUT2D eigenvalue weighted by Crippen LogP contribution is -2.52. The fraction of sp³-hybridized carbons (Fsp3) is 0.571. The summed E-state index contributed by atoms with van der Waals surface area (Å²) in [5.41, 5.74) is 2.95. The van der Waals surface area contributed by atoms with Crippen LogP contribution in [0, 0.1) is 5.41 Å². The number of hydrogen-bond acceptors (Lipinski definition) is 5. The van der Waals surface area contributed by atoms with E-state index in [9.17, 15) is 14.4 Å². The van der Waals surface area contributed by atoms with Crippen LogP contribution in [0.1, 0.15) is 54.6 Å². The van der Waals surface area contributed by atoms with Crippen molar-refractivity contribution >= 4 is 17.7 Å². The van der Waals surface area contributed by atoms with Gasteiger partial charge in [0.1, 0.15) is 6.04 Å². The maximum atomic E-state index is 12.9. The Morgan fingerprint density at radius 1 is 1.21 bits per heavy atom. The summed E-state index contributed by atoms with van der Waals surface area (Å²) in [5.74, 6) is -0.748. The van der Waals surface area contributed by atoms with Gasteiger partial charge in [0.2, 0.25) is 11.8 Å². The molecule has 3 heterocycles. The van der Waals surface area contributed by atoms with Crippen LogP contribution in [0.4, 0.5) is 0 Å². The highest BCUT2D eigenvalue weighted by Gasteiger charge is 2.40. The molecule has 4 rings (SSSR count). The number of nitrogens with zero attached hydrogens (tertiary/aromatic N) is 1. The van der Waals surface area contributed by atoms with Crippen LogP contribution in [0.5, 0.6) is 0 Å². The molecule has 0 aromatic heterocycles. The van der Waals surface area contributed by atoms with Gasteiger partial charge in [-0.3, -0.25) is 19.7 Å². The smallest absolute Gasteiger partial charge is 0.255 e. The maximum absolute atomic E-state index is 12.9. The van der Waals surface area contributed by atoms with Crippen LogP contribution in [0.25, 0.3) is 0 Å². The van der Waals surface area contributed by atoms with Gasteiger partial charge in [-0.1, -0.05) is 26.0 Å². The summed E-state index contributed by atoms with van der Waals surface area (Å²) in [6, 6.07) is 5.65. The molecule has 3 amide bonds. The molecule has 2 atom stereocenters. The first-order valence-corrected chi connectivity index (χ1v) is 10.1. The summed E-state index contributed by atoms with van der Waals surface area (Å²) in [7, 11) is 0. The number of rotatable bonds is 4. The third-order valence-corrected chi connectivity index (χ3v) is 6.35. The number of amides is 3. The predicted octanol–water partition coefficient (Wildman–Crippen LogP) is 0.925. The molecule has 2 saturated heterocycles. The highest BCUT2D eigenvalue weighted by atomic mass is 16.2. The Labute approximate surface area is 165 Å². The minimum absolute atomic E-state index is 0.117. The molecule has 7 heteroatoms. The molecule has 28 heavy (non-hydrogen) atoms. The van der Waals surface area contributed by atoms with Crippen LogP contribution in [0.15, 0.2) is 18.2 Å². The Morgan fingerprint density at radius 2 is 2.04 bits per heavy atom. The molecule has 1 aromatic rings. The number of hydrogen-bond donors (Lipinski definition) is 3. The summed E-state index contributed by atoms with van der Waals surface area (Å²) in [6.45, 7) is 7.65. The number of carbonyl (C=O) groups excluding carboxylic acids is 3. The number of benzene rings is 1. The Bertz CT molecular complexity index is 820. The monoisotopic (exact) mass is 384 g/mol. The molecule has 0 bridgehead atoms. The Balaban J connectivity index is 1.50. The molecule has 0 radical (unpaired) electrons. The van der Waals surface area contributed by atoms with Crippen molar-refractivity contribution in [2.24, 2.45) is 5.41 Å². The van der Waals surface area contributed by atoms with E-state index in [0.717, 1.165) is 30.6 Å².